The van der Waals surface area contributed by atoms with Gasteiger partial charge in [0, 0.05) is 18.3 Å². The van der Waals surface area contributed by atoms with Crippen LogP contribution in [0.5, 0.6) is 0 Å². The van der Waals surface area contributed by atoms with Gasteiger partial charge in [-0.15, -0.1) is 0 Å². The molecule has 1 unspecified atom stereocenters. The first-order chi connectivity index (χ1) is 7.75. The summed E-state index contributed by atoms with van der Waals surface area (Å²) in [6.07, 6.45) is 5.73. The van der Waals surface area contributed by atoms with Crippen LogP contribution in [0.15, 0.2) is 18.3 Å². The van der Waals surface area contributed by atoms with Crippen LogP contribution < -0.4 is 5.73 Å². The fourth-order valence-electron chi connectivity index (χ4n) is 2.31. The first kappa shape index (κ1) is 11.4. The van der Waals surface area contributed by atoms with Crippen molar-refractivity contribution in [3.8, 4) is 0 Å². The highest BCUT2D eigenvalue weighted by Crippen LogP contribution is 2.19. The lowest BCUT2D eigenvalue weighted by Gasteiger charge is -2.20. The molecule has 1 atom stereocenters. The van der Waals surface area contributed by atoms with Crippen molar-refractivity contribution in [1.82, 2.24) is 9.88 Å². The first-order valence-corrected chi connectivity index (χ1v) is 6.17. The van der Waals surface area contributed by atoms with Crippen LogP contribution in [-0.2, 0) is 6.54 Å². The van der Waals surface area contributed by atoms with Crippen molar-refractivity contribution < 1.29 is 0 Å². The SMILES string of the molecule is CC1CCCN(Cc2cccnc2N)CC1. The van der Waals surface area contributed by atoms with Crippen LogP contribution in [0, 0.1) is 5.92 Å². The Morgan fingerprint density at radius 1 is 1.44 bits per heavy atom. The molecular weight excluding hydrogens is 198 g/mol. The van der Waals surface area contributed by atoms with Crippen LogP contribution >= 0.6 is 0 Å². The van der Waals surface area contributed by atoms with E-state index in [-0.39, 0.29) is 0 Å². The van der Waals surface area contributed by atoms with Crippen LogP contribution in [0.2, 0.25) is 0 Å². The maximum atomic E-state index is 5.87. The summed E-state index contributed by atoms with van der Waals surface area (Å²) in [5.74, 6) is 1.55. The van der Waals surface area contributed by atoms with Crippen LogP contribution in [-0.4, -0.2) is 23.0 Å². The average Bonchev–Trinajstić information content (AvgIpc) is 2.47. The van der Waals surface area contributed by atoms with Crippen molar-refractivity contribution >= 4 is 5.82 Å². The molecule has 2 rings (SSSR count). The highest BCUT2D eigenvalue weighted by molar-refractivity contribution is 5.38. The molecule has 1 aromatic rings. The van der Waals surface area contributed by atoms with E-state index in [4.69, 9.17) is 5.73 Å². The van der Waals surface area contributed by atoms with Gasteiger partial charge in [-0.05, 0) is 44.3 Å². The van der Waals surface area contributed by atoms with E-state index in [1.807, 2.05) is 6.07 Å². The maximum Gasteiger partial charge on any atom is 0.127 e. The molecule has 0 aliphatic carbocycles. The van der Waals surface area contributed by atoms with E-state index in [9.17, 15) is 0 Å². The molecule has 3 heteroatoms. The fraction of sp³-hybridized carbons (Fsp3) is 0.615. The third-order valence-electron chi connectivity index (χ3n) is 3.43. The summed E-state index contributed by atoms with van der Waals surface area (Å²) >= 11 is 0. The van der Waals surface area contributed by atoms with Crippen molar-refractivity contribution in [2.45, 2.75) is 32.7 Å². The zero-order valence-electron chi connectivity index (χ0n) is 10.0. The van der Waals surface area contributed by atoms with Gasteiger partial charge in [0.15, 0.2) is 0 Å². The molecule has 0 amide bonds. The molecule has 0 radical (unpaired) electrons. The third kappa shape index (κ3) is 2.95. The molecule has 88 valence electrons. The van der Waals surface area contributed by atoms with Crippen LogP contribution in [0.1, 0.15) is 31.7 Å². The minimum Gasteiger partial charge on any atom is -0.383 e. The van der Waals surface area contributed by atoms with E-state index in [1.54, 1.807) is 6.20 Å². The Bertz CT molecular complexity index is 338. The van der Waals surface area contributed by atoms with Crippen molar-refractivity contribution in [2.75, 3.05) is 18.8 Å². The topological polar surface area (TPSA) is 42.2 Å². The predicted octanol–water partition coefficient (Wildman–Crippen LogP) is 2.29. The van der Waals surface area contributed by atoms with E-state index >= 15 is 0 Å². The summed E-state index contributed by atoms with van der Waals surface area (Å²) in [6.45, 7) is 5.68. The van der Waals surface area contributed by atoms with Crippen molar-refractivity contribution in [1.29, 1.82) is 0 Å². The highest BCUT2D eigenvalue weighted by atomic mass is 15.1. The van der Waals surface area contributed by atoms with Gasteiger partial charge in [0.05, 0.1) is 0 Å². The monoisotopic (exact) mass is 219 g/mol. The maximum absolute atomic E-state index is 5.87. The molecule has 16 heavy (non-hydrogen) atoms. The van der Waals surface area contributed by atoms with Crippen molar-refractivity contribution in [3.63, 3.8) is 0 Å². The van der Waals surface area contributed by atoms with Gasteiger partial charge >= 0.3 is 0 Å². The Morgan fingerprint density at radius 2 is 2.31 bits per heavy atom. The van der Waals surface area contributed by atoms with Crippen LogP contribution in [0.3, 0.4) is 0 Å². The van der Waals surface area contributed by atoms with E-state index in [0.29, 0.717) is 5.82 Å². The lowest BCUT2D eigenvalue weighted by Crippen LogP contribution is -2.24. The van der Waals surface area contributed by atoms with E-state index < -0.39 is 0 Å². The molecule has 0 aromatic carbocycles. The number of hydrogen-bond donors (Lipinski definition) is 1. The van der Waals surface area contributed by atoms with Crippen LogP contribution in [0.25, 0.3) is 0 Å². The number of anilines is 1. The van der Waals surface area contributed by atoms with E-state index in [0.717, 1.165) is 18.0 Å². The molecule has 1 aliphatic rings. The fourth-order valence-corrected chi connectivity index (χ4v) is 2.31. The summed E-state index contributed by atoms with van der Waals surface area (Å²) in [5, 5.41) is 0. The number of likely N-dealkylation sites (tertiary alicyclic amines) is 1. The van der Waals surface area contributed by atoms with Crippen LogP contribution in [0.4, 0.5) is 5.82 Å². The highest BCUT2D eigenvalue weighted by Gasteiger charge is 2.14. The van der Waals surface area contributed by atoms with Gasteiger partial charge in [0.1, 0.15) is 5.82 Å². The molecule has 1 aromatic heterocycles. The Labute approximate surface area is 97.7 Å². The first-order valence-electron chi connectivity index (χ1n) is 6.17. The van der Waals surface area contributed by atoms with E-state index in [1.165, 1.54) is 32.4 Å². The number of nitrogen functional groups attached to an aromatic ring is 1. The molecule has 2 heterocycles. The summed E-state index contributed by atoms with van der Waals surface area (Å²) in [6, 6.07) is 4.04. The predicted molar refractivity (Wildman–Crippen MR) is 66.9 cm³/mol. The van der Waals surface area contributed by atoms with Crippen molar-refractivity contribution in [2.24, 2.45) is 5.92 Å². The second-order valence-electron chi connectivity index (χ2n) is 4.86. The van der Waals surface area contributed by atoms with Gasteiger partial charge in [-0.25, -0.2) is 4.98 Å². The number of nitrogens with two attached hydrogens (primary N) is 1. The van der Waals surface area contributed by atoms with Gasteiger partial charge in [-0.1, -0.05) is 13.0 Å². The number of rotatable bonds is 2. The van der Waals surface area contributed by atoms with Gasteiger partial charge in [0.25, 0.3) is 0 Å². The average molecular weight is 219 g/mol. The number of pyridine rings is 1. The molecule has 1 aliphatic heterocycles. The van der Waals surface area contributed by atoms with Crippen molar-refractivity contribution in [3.05, 3.63) is 23.9 Å². The summed E-state index contributed by atoms with van der Waals surface area (Å²) in [5.41, 5.74) is 7.03. The molecule has 3 nitrogen and oxygen atoms in total. The van der Waals surface area contributed by atoms with Gasteiger partial charge in [-0.2, -0.15) is 0 Å². The van der Waals surface area contributed by atoms with E-state index in [2.05, 4.69) is 22.9 Å². The Balaban J connectivity index is 1.96. The summed E-state index contributed by atoms with van der Waals surface area (Å²) < 4.78 is 0. The molecule has 0 saturated carbocycles. The lowest BCUT2D eigenvalue weighted by atomic mass is 10.0. The summed E-state index contributed by atoms with van der Waals surface area (Å²) in [7, 11) is 0. The second-order valence-corrected chi connectivity index (χ2v) is 4.86. The Hall–Kier alpha value is -1.09. The van der Waals surface area contributed by atoms with Gasteiger partial charge < -0.3 is 5.73 Å². The Morgan fingerprint density at radius 3 is 3.12 bits per heavy atom. The second kappa shape index (κ2) is 5.30. The zero-order chi connectivity index (χ0) is 11.4. The molecule has 1 saturated heterocycles. The molecule has 1 fully saturated rings. The minimum atomic E-state index is 0.680. The molecule has 0 spiro atoms. The molecular formula is C13H21N3. The summed E-state index contributed by atoms with van der Waals surface area (Å²) in [4.78, 5) is 6.63. The standard InChI is InChI=1S/C13H21N3/c1-11-4-3-8-16(9-6-11)10-12-5-2-7-15-13(12)14/h2,5,7,11H,3-4,6,8-10H2,1H3,(H2,14,15). The quantitative estimate of drug-likeness (QED) is 0.829. The lowest BCUT2D eigenvalue weighted by molar-refractivity contribution is 0.274. The number of hydrogen-bond acceptors (Lipinski definition) is 3. The van der Waals surface area contributed by atoms with Gasteiger partial charge in [-0.3, -0.25) is 4.90 Å². The zero-order valence-corrected chi connectivity index (χ0v) is 10.0. The Kier molecular flexibility index (Phi) is 3.78. The molecule has 0 bridgehead atoms. The van der Waals surface area contributed by atoms with Gasteiger partial charge in [0.2, 0.25) is 0 Å². The molecule has 2 N–H and O–H groups in total. The third-order valence-corrected chi connectivity index (χ3v) is 3.43. The number of aromatic nitrogens is 1. The minimum absolute atomic E-state index is 0.680. The smallest absolute Gasteiger partial charge is 0.127 e. The normalized spacial score (nSPS) is 22.9. The number of nitrogens with zero attached hydrogens (tertiary/aromatic N) is 2. The largest absolute Gasteiger partial charge is 0.383 e.